The van der Waals surface area contributed by atoms with Crippen molar-refractivity contribution < 1.29 is 0 Å². The molecule has 106 valence electrons. The topological polar surface area (TPSA) is 92.7 Å². The van der Waals surface area contributed by atoms with Crippen LogP contribution < -0.4 is 16.4 Å². The Morgan fingerprint density at radius 3 is 2.55 bits per heavy atom. The van der Waals surface area contributed by atoms with Gasteiger partial charge in [-0.15, -0.1) is 0 Å². The average molecular weight is 275 g/mol. The molecule has 0 aliphatic carbocycles. The van der Waals surface area contributed by atoms with Crippen LogP contribution in [-0.2, 0) is 6.54 Å². The lowest BCUT2D eigenvalue weighted by atomic mass is 10.2. The third kappa shape index (κ3) is 2.76. The van der Waals surface area contributed by atoms with Gasteiger partial charge in [0.25, 0.3) is 11.1 Å². The molecule has 2 aromatic rings. The van der Waals surface area contributed by atoms with Crippen LogP contribution in [0.15, 0.2) is 22.0 Å². The summed E-state index contributed by atoms with van der Waals surface area (Å²) in [5.41, 5.74) is 1.01. The van der Waals surface area contributed by atoms with Crippen molar-refractivity contribution in [3.8, 4) is 0 Å². The van der Waals surface area contributed by atoms with Crippen molar-refractivity contribution in [2.75, 3.05) is 11.9 Å². The van der Waals surface area contributed by atoms with E-state index < -0.39 is 0 Å². The molecule has 0 amide bonds. The molecule has 0 aliphatic rings. The number of nitrogens with zero attached hydrogens (tertiary/aromatic N) is 3. The lowest BCUT2D eigenvalue weighted by Crippen LogP contribution is -2.33. The molecule has 0 aliphatic heterocycles. The summed E-state index contributed by atoms with van der Waals surface area (Å²) >= 11 is 0. The molecule has 0 fully saturated rings. The van der Waals surface area contributed by atoms with Gasteiger partial charge >= 0.3 is 0 Å². The van der Waals surface area contributed by atoms with Gasteiger partial charge < -0.3 is 5.32 Å². The Bertz CT molecular complexity index is 715. The molecule has 2 aromatic heterocycles. The molecule has 0 saturated carbocycles. The third-order valence-electron chi connectivity index (χ3n) is 3.09. The Labute approximate surface area is 115 Å². The molecule has 0 unspecified atom stereocenters. The summed E-state index contributed by atoms with van der Waals surface area (Å²) in [7, 11) is 0. The average Bonchev–Trinajstić information content (AvgIpc) is 2.45. The van der Waals surface area contributed by atoms with Crippen LogP contribution in [-0.4, -0.2) is 26.3 Å². The summed E-state index contributed by atoms with van der Waals surface area (Å²) in [5, 5.41) is 5.57. The molecule has 0 atom stereocenters. The minimum absolute atomic E-state index is 0.189. The van der Waals surface area contributed by atoms with E-state index in [0.29, 0.717) is 22.6 Å². The van der Waals surface area contributed by atoms with Crippen LogP contribution in [0, 0.1) is 13.8 Å². The van der Waals surface area contributed by atoms with Crippen LogP contribution in [0.1, 0.15) is 23.7 Å². The predicted molar refractivity (Wildman–Crippen MR) is 76.1 cm³/mol. The highest BCUT2D eigenvalue weighted by Crippen LogP contribution is 2.01. The number of aromatic nitrogens is 4. The monoisotopic (exact) mass is 275 g/mol. The minimum atomic E-state index is -0.265. The van der Waals surface area contributed by atoms with E-state index in [1.54, 1.807) is 26.2 Å². The summed E-state index contributed by atoms with van der Waals surface area (Å²) in [5.74, 6) is 0.678. The van der Waals surface area contributed by atoms with Gasteiger partial charge in [-0.1, -0.05) is 0 Å². The van der Waals surface area contributed by atoms with Gasteiger partial charge in [0.2, 0.25) is 0 Å². The molecule has 0 radical (unpaired) electrons. The number of aromatic amines is 1. The molecule has 20 heavy (non-hydrogen) atoms. The molecule has 0 aromatic carbocycles. The first-order chi connectivity index (χ1) is 9.52. The summed E-state index contributed by atoms with van der Waals surface area (Å²) in [6.07, 6.45) is 3.18. The van der Waals surface area contributed by atoms with Crippen LogP contribution in [0.2, 0.25) is 0 Å². The number of hydrogen-bond acceptors (Lipinski definition) is 5. The molecule has 0 bridgehead atoms. The number of hydrogen-bond donors (Lipinski definition) is 2. The summed E-state index contributed by atoms with van der Waals surface area (Å²) in [4.78, 5) is 32.1. The van der Waals surface area contributed by atoms with Crippen molar-refractivity contribution in [1.29, 1.82) is 0 Å². The van der Waals surface area contributed by atoms with Crippen molar-refractivity contribution in [2.45, 2.75) is 27.3 Å². The molecular formula is C13H17N5O2. The van der Waals surface area contributed by atoms with E-state index in [1.165, 1.54) is 4.68 Å². The fourth-order valence-corrected chi connectivity index (χ4v) is 1.77. The standard InChI is InChI=1S/C13H17N5O2/c1-4-14-11-6-15-10(5-16-11)7-18-13(20)9(3)8(2)12(19)17-18/h5-6H,4,7H2,1-3H3,(H,14,16)(H,17,19). The van der Waals surface area contributed by atoms with Crippen LogP contribution in [0.4, 0.5) is 5.82 Å². The smallest absolute Gasteiger partial charge is 0.268 e. The zero-order valence-corrected chi connectivity index (χ0v) is 11.7. The second-order valence-corrected chi connectivity index (χ2v) is 4.51. The maximum Gasteiger partial charge on any atom is 0.268 e. The molecule has 2 rings (SSSR count). The van der Waals surface area contributed by atoms with E-state index in [9.17, 15) is 9.59 Å². The lowest BCUT2D eigenvalue weighted by Gasteiger charge is -2.08. The Balaban J connectivity index is 2.31. The molecule has 0 spiro atoms. The minimum Gasteiger partial charge on any atom is -0.369 e. The highest BCUT2D eigenvalue weighted by Gasteiger charge is 2.08. The fraction of sp³-hybridized carbons (Fsp3) is 0.385. The molecule has 0 saturated heterocycles. The van der Waals surface area contributed by atoms with Gasteiger partial charge in [-0.25, -0.2) is 9.67 Å². The normalized spacial score (nSPS) is 10.6. The van der Waals surface area contributed by atoms with Gasteiger partial charge in [-0.05, 0) is 20.8 Å². The highest BCUT2D eigenvalue weighted by atomic mass is 16.2. The van der Waals surface area contributed by atoms with E-state index in [2.05, 4.69) is 20.4 Å². The predicted octanol–water partition coefficient (Wildman–Crippen LogP) is 0.424. The third-order valence-corrected chi connectivity index (χ3v) is 3.09. The lowest BCUT2D eigenvalue weighted by molar-refractivity contribution is 0.607. The quantitative estimate of drug-likeness (QED) is 0.843. The Morgan fingerprint density at radius 1 is 1.20 bits per heavy atom. The Kier molecular flexibility index (Phi) is 3.97. The fourth-order valence-electron chi connectivity index (χ4n) is 1.77. The SMILES string of the molecule is CCNc1cnc(Cn2[nH]c(=O)c(C)c(C)c2=O)cn1. The molecule has 7 heteroatoms. The number of anilines is 1. The van der Waals surface area contributed by atoms with Gasteiger partial charge in [-0.3, -0.25) is 19.7 Å². The van der Waals surface area contributed by atoms with E-state index in [4.69, 9.17) is 0 Å². The Hall–Kier alpha value is -2.44. The maximum atomic E-state index is 12.0. The van der Waals surface area contributed by atoms with Crippen LogP contribution in [0.3, 0.4) is 0 Å². The van der Waals surface area contributed by atoms with Gasteiger partial charge in [0.05, 0.1) is 24.6 Å². The van der Waals surface area contributed by atoms with Crippen LogP contribution in [0.5, 0.6) is 0 Å². The largest absolute Gasteiger partial charge is 0.369 e. The van der Waals surface area contributed by atoms with Crippen molar-refractivity contribution in [2.24, 2.45) is 0 Å². The second-order valence-electron chi connectivity index (χ2n) is 4.51. The van der Waals surface area contributed by atoms with Gasteiger partial charge in [0.1, 0.15) is 5.82 Å². The maximum absolute atomic E-state index is 12.0. The van der Waals surface area contributed by atoms with Gasteiger partial charge in [-0.2, -0.15) is 0 Å². The van der Waals surface area contributed by atoms with Gasteiger partial charge in [0.15, 0.2) is 0 Å². The number of rotatable bonds is 4. The van der Waals surface area contributed by atoms with Gasteiger partial charge in [0, 0.05) is 17.7 Å². The second kappa shape index (κ2) is 5.68. The van der Waals surface area contributed by atoms with Crippen molar-refractivity contribution in [3.63, 3.8) is 0 Å². The number of H-pyrrole nitrogens is 1. The van der Waals surface area contributed by atoms with Crippen LogP contribution >= 0.6 is 0 Å². The van der Waals surface area contributed by atoms with E-state index in [1.807, 2.05) is 6.92 Å². The first-order valence-corrected chi connectivity index (χ1v) is 6.38. The number of nitrogens with one attached hydrogen (secondary N) is 2. The van der Waals surface area contributed by atoms with Crippen molar-refractivity contribution in [3.05, 3.63) is 49.9 Å². The van der Waals surface area contributed by atoms with E-state index in [0.717, 1.165) is 6.54 Å². The molecule has 2 N–H and O–H groups in total. The zero-order valence-electron chi connectivity index (χ0n) is 11.7. The van der Waals surface area contributed by atoms with E-state index >= 15 is 0 Å². The summed E-state index contributed by atoms with van der Waals surface area (Å²) in [6, 6.07) is 0. The zero-order chi connectivity index (χ0) is 14.7. The molecule has 2 heterocycles. The summed E-state index contributed by atoms with van der Waals surface area (Å²) in [6.45, 7) is 6.19. The first kappa shape index (κ1) is 14.0. The van der Waals surface area contributed by atoms with Crippen LogP contribution in [0.25, 0.3) is 0 Å². The van der Waals surface area contributed by atoms with Crippen molar-refractivity contribution in [1.82, 2.24) is 19.7 Å². The molecule has 7 nitrogen and oxygen atoms in total. The summed E-state index contributed by atoms with van der Waals surface area (Å²) < 4.78 is 1.25. The van der Waals surface area contributed by atoms with Crippen molar-refractivity contribution >= 4 is 5.82 Å². The van der Waals surface area contributed by atoms with E-state index in [-0.39, 0.29) is 17.7 Å². The highest BCUT2D eigenvalue weighted by molar-refractivity contribution is 5.30. The first-order valence-electron chi connectivity index (χ1n) is 6.38. The molecular weight excluding hydrogens is 258 g/mol. The Morgan fingerprint density at radius 2 is 1.95 bits per heavy atom.